The van der Waals surface area contributed by atoms with Crippen molar-refractivity contribution >= 4 is 0 Å². The molecule has 0 saturated carbocycles. The van der Waals surface area contributed by atoms with E-state index in [-0.39, 0.29) is 0 Å². The van der Waals surface area contributed by atoms with E-state index in [0.717, 1.165) is 12.1 Å². The quantitative estimate of drug-likeness (QED) is 0.915. The molecule has 3 rings (SSSR count). The van der Waals surface area contributed by atoms with Crippen LogP contribution in [0.25, 0.3) is 0 Å². The lowest BCUT2D eigenvalue weighted by Gasteiger charge is -2.27. The van der Waals surface area contributed by atoms with Gasteiger partial charge in [-0.1, -0.05) is 60.7 Å². The van der Waals surface area contributed by atoms with Crippen LogP contribution in [-0.2, 0) is 0 Å². The van der Waals surface area contributed by atoms with E-state index in [0.29, 0.717) is 12.6 Å². The summed E-state index contributed by atoms with van der Waals surface area (Å²) < 4.78 is 0. The fraction of sp³-hybridized carbons (Fsp3) is 0.333. The highest BCUT2D eigenvalue weighted by atomic mass is 16.3. The van der Waals surface area contributed by atoms with E-state index in [9.17, 15) is 5.11 Å². The molecule has 0 spiro atoms. The first kappa shape index (κ1) is 13.3. The van der Waals surface area contributed by atoms with Crippen LogP contribution in [0.15, 0.2) is 60.7 Å². The van der Waals surface area contributed by atoms with Crippen molar-refractivity contribution in [3.63, 3.8) is 0 Å². The van der Waals surface area contributed by atoms with Gasteiger partial charge in [0, 0.05) is 12.6 Å². The van der Waals surface area contributed by atoms with Crippen molar-refractivity contribution < 1.29 is 5.11 Å². The Balaban J connectivity index is 1.70. The number of benzene rings is 2. The van der Waals surface area contributed by atoms with Crippen molar-refractivity contribution in [1.29, 1.82) is 0 Å². The summed E-state index contributed by atoms with van der Waals surface area (Å²) in [5.41, 5.74) is 2.37. The van der Waals surface area contributed by atoms with Crippen molar-refractivity contribution in [3.05, 3.63) is 71.8 Å². The monoisotopic (exact) mass is 267 g/mol. The zero-order valence-corrected chi connectivity index (χ0v) is 11.7. The molecule has 0 bridgehead atoms. The number of hydrogen-bond donors (Lipinski definition) is 1. The molecular weight excluding hydrogens is 246 g/mol. The van der Waals surface area contributed by atoms with E-state index in [1.165, 1.54) is 18.4 Å². The van der Waals surface area contributed by atoms with Gasteiger partial charge < -0.3 is 5.11 Å². The predicted molar refractivity (Wildman–Crippen MR) is 81.4 cm³/mol. The highest BCUT2D eigenvalue weighted by Crippen LogP contribution is 2.33. The first-order valence-electron chi connectivity index (χ1n) is 7.36. The summed E-state index contributed by atoms with van der Waals surface area (Å²) >= 11 is 0. The Labute approximate surface area is 120 Å². The van der Waals surface area contributed by atoms with Gasteiger partial charge in [0.2, 0.25) is 0 Å². The maximum atomic E-state index is 10.4. The number of nitrogens with zero attached hydrogens (tertiary/aromatic N) is 1. The van der Waals surface area contributed by atoms with E-state index in [2.05, 4.69) is 35.2 Å². The van der Waals surface area contributed by atoms with E-state index in [1.54, 1.807) is 0 Å². The third-order valence-electron chi connectivity index (χ3n) is 4.14. The van der Waals surface area contributed by atoms with Crippen molar-refractivity contribution in [3.8, 4) is 0 Å². The van der Waals surface area contributed by atoms with Crippen LogP contribution in [0.1, 0.15) is 36.1 Å². The van der Waals surface area contributed by atoms with E-state index < -0.39 is 6.10 Å². The van der Waals surface area contributed by atoms with E-state index in [1.807, 2.05) is 30.3 Å². The van der Waals surface area contributed by atoms with Gasteiger partial charge in [0.15, 0.2) is 0 Å². The Kier molecular flexibility index (Phi) is 4.14. The minimum atomic E-state index is -0.402. The van der Waals surface area contributed by atoms with Crippen LogP contribution in [0.5, 0.6) is 0 Å². The van der Waals surface area contributed by atoms with Gasteiger partial charge in [-0.2, -0.15) is 0 Å². The van der Waals surface area contributed by atoms with E-state index >= 15 is 0 Å². The SMILES string of the molecule is OC(CN1CCCC1c1ccccc1)c1ccccc1. The maximum absolute atomic E-state index is 10.4. The molecule has 0 aliphatic carbocycles. The van der Waals surface area contributed by atoms with Gasteiger partial charge in [0.25, 0.3) is 0 Å². The van der Waals surface area contributed by atoms with Gasteiger partial charge >= 0.3 is 0 Å². The Morgan fingerprint density at radius 1 is 1.00 bits per heavy atom. The molecule has 2 heteroatoms. The van der Waals surface area contributed by atoms with E-state index in [4.69, 9.17) is 0 Å². The average molecular weight is 267 g/mol. The zero-order valence-electron chi connectivity index (χ0n) is 11.7. The predicted octanol–water partition coefficient (Wildman–Crippen LogP) is 3.56. The number of hydrogen-bond acceptors (Lipinski definition) is 2. The fourth-order valence-corrected chi connectivity index (χ4v) is 3.10. The second kappa shape index (κ2) is 6.21. The lowest BCUT2D eigenvalue weighted by molar-refractivity contribution is 0.106. The molecule has 2 nitrogen and oxygen atoms in total. The largest absolute Gasteiger partial charge is 0.387 e. The van der Waals surface area contributed by atoms with Crippen LogP contribution >= 0.6 is 0 Å². The molecule has 0 radical (unpaired) electrons. The summed E-state index contributed by atoms with van der Waals surface area (Å²) in [5.74, 6) is 0. The number of aliphatic hydroxyl groups excluding tert-OH is 1. The number of aliphatic hydroxyl groups is 1. The topological polar surface area (TPSA) is 23.5 Å². The van der Waals surface area contributed by atoms with Gasteiger partial charge in [-0.25, -0.2) is 0 Å². The Morgan fingerprint density at radius 2 is 1.65 bits per heavy atom. The number of rotatable bonds is 4. The molecular formula is C18H21NO. The molecule has 0 amide bonds. The van der Waals surface area contributed by atoms with Gasteiger partial charge in [-0.05, 0) is 30.5 Å². The van der Waals surface area contributed by atoms with Crippen LogP contribution in [0, 0.1) is 0 Å². The number of likely N-dealkylation sites (tertiary alicyclic amines) is 1. The van der Waals surface area contributed by atoms with Crippen molar-refractivity contribution in [2.24, 2.45) is 0 Å². The standard InChI is InChI=1S/C18H21NO/c20-18(16-10-5-2-6-11-16)14-19-13-7-12-17(19)15-8-3-1-4-9-15/h1-6,8-11,17-18,20H,7,12-14H2. The molecule has 0 aromatic heterocycles. The summed E-state index contributed by atoms with van der Waals surface area (Å²) in [6.45, 7) is 1.78. The highest BCUT2D eigenvalue weighted by molar-refractivity contribution is 5.21. The third-order valence-corrected chi connectivity index (χ3v) is 4.14. The summed E-state index contributed by atoms with van der Waals surface area (Å²) in [6.07, 6.45) is 1.99. The maximum Gasteiger partial charge on any atom is 0.0917 e. The van der Waals surface area contributed by atoms with Crippen LogP contribution in [0.2, 0.25) is 0 Å². The second-order valence-electron chi connectivity index (χ2n) is 5.49. The van der Waals surface area contributed by atoms with Crippen LogP contribution in [0.3, 0.4) is 0 Å². The summed E-state index contributed by atoms with van der Waals surface area (Å²) in [4.78, 5) is 2.41. The minimum absolute atomic E-state index is 0.402. The zero-order chi connectivity index (χ0) is 13.8. The van der Waals surface area contributed by atoms with Gasteiger partial charge in [0.1, 0.15) is 0 Å². The van der Waals surface area contributed by atoms with Gasteiger partial charge in [-0.15, -0.1) is 0 Å². The molecule has 1 fully saturated rings. The molecule has 2 aromatic carbocycles. The van der Waals surface area contributed by atoms with Crippen molar-refractivity contribution in [2.45, 2.75) is 25.0 Å². The van der Waals surface area contributed by atoms with Crippen molar-refractivity contribution in [1.82, 2.24) is 4.90 Å². The third kappa shape index (κ3) is 2.92. The Bertz CT molecular complexity index is 526. The summed E-state index contributed by atoms with van der Waals surface area (Å²) in [6, 6.07) is 21.0. The molecule has 1 N–H and O–H groups in total. The van der Waals surface area contributed by atoms with Crippen molar-refractivity contribution in [2.75, 3.05) is 13.1 Å². The molecule has 1 aliphatic rings. The summed E-state index contributed by atoms with van der Waals surface area (Å²) in [7, 11) is 0. The van der Waals surface area contributed by atoms with Crippen LogP contribution in [0.4, 0.5) is 0 Å². The second-order valence-corrected chi connectivity index (χ2v) is 5.49. The molecule has 2 unspecified atom stereocenters. The first-order valence-corrected chi connectivity index (χ1v) is 7.36. The smallest absolute Gasteiger partial charge is 0.0917 e. The summed E-state index contributed by atoms with van der Waals surface area (Å²) in [5, 5.41) is 10.4. The molecule has 2 atom stereocenters. The molecule has 1 saturated heterocycles. The molecule has 2 aromatic rings. The molecule has 104 valence electrons. The molecule has 20 heavy (non-hydrogen) atoms. The normalized spacial score (nSPS) is 20.9. The Morgan fingerprint density at radius 3 is 2.35 bits per heavy atom. The van der Waals surface area contributed by atoms with Crippen LogP contribution < -0.4 is 0 Å². The molecule has 1 heterocycles. The van der Waals surface area contributed by atoms with Gasteiger partial charge in [0.05, 0.1) is 6.10 Å². The minimum Gasteiger partial charge on any atom is -0.387 e. The Hall–Kier alpha value is -1.64. The lowest BCUT2D eigenvalue weighted by atomic mass is 10.0. The molecule has 1 aliphatic heterocycles. The van der Waals surface area contributed by atoms with Crippen LogP contribution in [-0.4, -0.2) is 23.1 Å². The fourth-order valence-electron chi connectivity index (χ4n) is 3.10. The highest BCUT2D eigenvalue weighted by Gasteiger charge is 2.27. The van der Waals surface area contributed by atoms with Gasteiger partial charge in [-0.3, -0.25) is 4.90 Å². The lowest BCUT2D eigenvalue weighted by Crippen LogP contribution is -2.28. The average Bonchev–Trinajstić information content (AvgIpc) is 2.97. The number of β-amino-alcohol motifs (C(OH)–C–C–N with tert-alkyl or cyclic N) is 1. The first-order chi connectivity index (χ1) is 9.84.